The van der Waals surface area contributed by atoms with Gasteiger partial charge in [0.15, 0.2) is 0 Å². The average Bonchev–Trinajstić information content (AvgIpc) is 2.30. The van der Waals surface area contributed by atoms with E-state index < -0.39 is 0 Å². The van der Waals surface area contributed by atoms with Crippen molar-refractivity contribution in [1.82, 2.24) is 0 Å². The number of carbonyl (C=O) groups excluding carboxylic acids is 1. The highest BCUT2D eigenvalue weighted by Gasteiger charge is 2.46. The van der Waals surface area contributed by atoms with Gasteiger partial charge >= 0.3 is 0 Å². The van der Waals surface area contributed by atoms with Gasteiger partial charge in [0, 0.05) is 11.8 Å². The predicted molar refractivity (Wildman–Crippen MR) is 55.5 cm³/mol. The molecule has 0 radical (unpaired) electrons. The summed E-state index contributed by atoms with van der Waals surface area (Å²) in [5, 5.41) is 0. The molecule has 0 N–H and O–H groups in total. The maximum absolute atomic E-state index is 11.8. The zero-order valence-electron chi connectivity index (χ0n) is 9.35. The van der Waals surface area contributed by atoms with Crippen LogP contribution in [0, 0.1) is 16.7 Å². The molecular formula is C12H20O. The molecule has 0 bridgehead atoms. The van der Waals surface area contributed by atoms with E-state index in [0.29, 0.717) is 18.1 Å². The SMILES string of the molecule is CCC(=O)[C@@]1(C)C=CC(C)(C)[C@@H]1C. The van der Waals surface area contributed by atoms with Gasteiger partial charge in [-0.15, -0.1) is 0 Å². The highest BCUT2D eigenvalue weighted by molar-refractivity contribution is 5.87. The van der Waals surface area contributed by atoms with Crippen LogP contribution in [0.15, 0.2) is 12.2 Å². The van der Waals surface area contributed by atoms with Gasteiger partial charge in [0.1, 0.15) is 5.78 Å². The molecule has 0 aromatic rings. The molecule has 13 heavy (non-hydrogen) atoms. The van der Waals surface area contributed by atoms with Crippen molar-refractivity contribution in [3.05, 3.63) is 12.2 Å². The summed E-state index contributed by atoms with van der Waals surface area (Å²) in [5.74, 6) is 0.772. The molecule has 1 aliphatic rings. The third kappa shape index (κ3) is 1.45. The van der Waals surface area contributed by atoms with Crippen LogP contribution in [-0.4, -0.2) is 5.78 Å². The summed E-state index contributed by atoms with van der Waals surface area (Å²) in [6.45, 7) is 10.6. The molecule has 1 rings (SSSR count). The van der Waals surface area contributed by atoms with E-state index in [2.05, 4.69) is 39.8 Å². The van der Waals surface area contributed by atoms with Crippen LogP contribution in [0.25, 0.3) is 0 Å². The van der Waals surface area contributed by atoms with Crippen molar-refractivity contribution >= 4 is 5.78 Å². The van der Waals surface area contributed by atoms with E-state index in [-0.39, 0.29) is 10.8 Å². The van der Waals surface area contributed by atoms with Crippen molar-refractivity contribution in [3.63, 3.8) is 0 Å². The summed E-state index contributed by atoms with van der Waals surface area (Å²) in [5.41, 5.74) is -0.0577. The molecule has 0 unspecified atom stereocenters. The van der Waals surface area contributed by atoms with Gasteiger partial charge in [0.2, 0.25) is 0 Å². The maximum Gasteiger partial charge on any atom is 0.142 e. The van der Waals surface area contributed by atoms with Gasteiger partial charge in [-0.05, 0) is 18.3 Å². The smallest absolute Gasteiger partial charge is 0.142 e. The first-order valence-electron chi connectivity index (χ1n) is 5.08. The second-order valence-electron chi connectivity index (χ2n) is 4.94. The normalized spacial score (nSPS) is 36.5. The van der Waals surface area contributed by atoms with Crippen LogP contribution >= 0.6 is 0 Å². The number of rotatable bonds is 2. The Labute approximate surface area is 81.2 Å². The predicted octanol–water partition coefficient (Wildman–Crippen LogP) is 3.20. The quantitative estimate of drug-likeness (QED) is 0.596. The van der Waals surface area contributed by atoms with E-state index in [9.17, 15) is 4.79 Å². The van der Waals surface area contributed by atoms with Gasteiger partial charge < -0.3 is 0 Å². The Morgan fingerprint density at radius 3 is 2.15 bits per heavy atom. The number of hydrogen-bond acceptors (Lipinski definition) is 1. The van der Waals surface area contributed by atoms with Crippen LogP contribution in [0.1, 0.15) is 41.0 Å². The molecule has 1 nitrogen and oxygen atoms in total. The molecule has 0 spiro atoms. The average molecular weight is 180 g/mol. The largest absolute Gasteiger partial charge is 0.299 e. The van der Waals surface area contributed by atoms with E-state index in [1.807, 2.05) is 6.92 Å². The molecule has 0 aromatic heterocycles. The van der Waals surface area contributed by atoms with Crippen LogP contribution in [-0.2, 0) is 4.79 Å². The molecule has 0 aromatic carbocycles. The summed E-state index contributed by atoms with van der Waals surface area (Å²) in [7, 11) is 0. The van der Waals surface area contributed by atoms with Crippen molar-refractivity contribution in [3.8, 4) is 0 Å². The van der Waals surface area contributed by atoms with Gasteiger partial charge in [-0.25, -0.2) is 0 Å². The van der Waals surface area contributed by atoms with Crippen molar-refractivity contribution in [2.45, 2.75) is 41.0 Å². The Hall–Kier alpha value is -0.590. The highest BCUT2D eigenvalue weighted by Crippen LogP contribution is 2.49. The summed E-state index contributed by atoms with van der Waals surface area (Å²) in [6.07, 6.45) is 4.93. The van der Waals surface area contributed by atoms with E-state index in [0.717, 1.165) is 0 Å². The first-order valence-corrected chi connectivity index (χ1v) is 5.08. The van der Waals surface area contributed by atoms with Crippen molar-refractivity contribution in [2.24, 2.45) is 16.7 Å². The maximum atomic E-state index is 11.8. The molecule has 74 valence electrons. The van der Waals surface area contributed by atoms with E-state index in [4.69, 9.17) is 0 Å². The van der Waals surface area contributed by atoms with Crippen molar-refractivity contribution in [1.29, 1.82) is 0 Å². The number of allylic oxidation sites excluding steroid dienone is 2. The Morgan fingerprint density at radius 1 is 1.31 bits per heavy atom. The van der Waals surface area contributed by atoms with Crippen molar-refractivity contribution in [2.75, 3.05) is 0 Å². The van der Waals surface area contributed by atoms with Gasteiger partial charge in [0.25, 0.3) is 0 Å². The Bertz CT molecular complexity index is 250. The minimum absolute atomic E-state index is 0.166. The van der Waals surface area contributed by atoms with Gasteiger partial charge in [-0.1, -0.05) is 39.8 Å². The Morgan fingerprint density at radius 2 is 1.85 bits per heavy atom. The number of hydrogen-bond donors (Lipinski definition) is 0. The molecule has 0 amide bonds. The van der Waals surface area contributed by atoms with Gasteiger partial charge in [0.05, 0.1) is 0 Å². The molecular weight excluding hydrogens is 160 g/mol. The number of ketones is 1. The molecule has 0 aliphatic heterocycles. The third-order valence-electron chi connectivity index (χ3n) is 3.80. The second-order valence-corrected chi connectivity index (χ2v) is 4.94. The Balaban J connectivity index is 2.98. The fourth-order valence-corrected chi connectivity index (χ4v) is 2.16. The third-order valence-corrected chi connectivity index (χ3v) is 3.80. The molecule has 1 aliphatic carbocycles. The summed E-state index contributed by atoms with van der Waals surface area (Å²) < 4.78 is 0. The lowest BCUT2D eigenvalue weighted by Gasteiger charge is -2.34. The highest BCUT2D eigenvalue weighted by atomic mass is 16.1. The van der Waals surface area contributed by atoms with Crippen LogP contribution in [0.4, 0.5) is 0 Å². The van der Waals surface area contributed by atoms with Crippen LogP contribution in [0.2, 0.25) is 0 Å². The molecule has 0 heterocycles. The summed E-state index contributed by atoms with van der Waals surface area (Å²) >= 11 is 0. The minimum Gasteiger partial charge on any atom is -0.299 e. The van der Waals surface area contributed by atoms with Crippen LogP contribution in [0.5, 0.6) is 0 Å². The molecule has 0 saturated heterocycles. The molecule has 0 saturated carbocycles. The molecule has 1 heteroatoms. The second kappa shape index (κ2) is 2.97. The van der Waals surface area contributed by atoms with Crippen LogP contribution < -0.4 is 0 Å². The summed E-state index contributed by atoms with van der Waals surface area (Å²) in [6, 6.07) is 0. The molecule has 2 atom stereocenters. The van der Waals surface area contributed by atoms with Crippen molar-refractivity contribution < 1.29 is 4.79 Å². The van der Waals surface area contributed by atoms with E-state index in [1.54, 1.807) is 0 Å². The Kier molecular flexibility index (Phi) is 2.40. The van der Waals surface area contributed by atoms with Gasteiger partial charge in [-0.3, -0.25) is 4.79 Å². The van der Waals surface area contributed by atoms with Crippen LogP contribution in [0.3, 0.4) is 0 Å². The lowest BCUT2D eigenvalue weighted by molar-refractivity contribution is -0.128. The first-order chi connectivity index (χ1) is 5.84. The standard InChI is InChI=1S/C12H20O/c1-6-10(13)12(5)8-7-11(3,4)9(12)2/h7-9H,6H2,1-5H3/t9-,12-/m0/s1. The zero-order chi connectivity index (χ0) is 10.3. The lowest BCUT2D eigenvalue weighted by atomic mass is 9.69. The fraction of sp³-hybridized carbons (Fsp3) is 0.750. The lowest BCUT2D eigenvalue weighted by Crippen LogP contribution is -2.34. The van der Waals surface area contributed by atoms with Gasteiger partial charge in [-0.2, -0.15) is 0 Å². The minimum atomic E-state index is -0.224. The first kappa shape index (κ1) is 10.5. The van der Waals surface area contributed by atoms with E-state index in [1.165, 1.54) is 0 Å². The number of carbonyl (C=O) groups is 1. The van der Waals surface area contributed by atoms with E-state index >= 15 is 0 Å². The summed E-state index contributed by atoms with van der Waals surface area (Å²) in [4.78, 5) is 11.8. The zero-order valence-corrected chi connectivity index (χ0v) is 9.35. The monoisotopic (exact) mass is 180 g/mol. The topological polar surface area (TPSA) is 17.1 Å². The molecule has 0 fully saturated rings. The fourth-order valence-electron chi connectivity index (χ4n) is 2.16. The number of Topliss-reactive ketones (excluding diaryl/α,β-unsaturated/α-hetero) is 1.